The van der Waals surface area contributed by atoms with E-state index in [9.17, 15) is 9.00 Å². The molecule has 19 heavy (non-hydrogen) atoms. The smallest absolute Gasteiger partial charge is 0.235 e. The molecular weight excluding hydrogens is 258 g/mol. The van der Waals surface area contributed by atoms with Gasteiger partial charge in [0.2, 0.25) is 5.91 Å². The second-order valence-corrected chi connectivity index (χ2v) is 6.65. The molecule has 0 bridgehead atoms. The van der Waals surface area contributed by atoms with E-state index in [4.69, 9.17) is 0 Å². The number of carbonyl (C=O) groups is 1. The van der Waals surface area contributed by atoms with E-state index in [2.05, 4.69) is 5.32 Å². The lowest BCUT2D eigenvalue weighted by molar-refractivity contribution is -0.120. The van der Waals surface area contributed by atoms with Crippen molar-refractivity contribution in [1.82, 2.24) is 5.32 Å². The molecule has 0 radical (unpaired) electrons. The first kappa shape index (κ1) is 15.9. The monoisotopic (exact) mass is 281 g/mol. The minimum Gasteiger partial charge on any atom is -0.355 e. The van der Waals surface area contributed by atoms with Gasteiger partial charge in [-0.2, -0.15) is 0 Å². The summed E-state index contributed by atoms with van der Waals surface area (Å²) >= 11 is 0. The molecule has 0 aliphatic carbocycles. The standard InChI is InChI=1S/C15H23NO2S/c1-5-8-16-15(17)13(4)19(18)10-14-9-11(2)6-7-12(14)3/h6-7,9,13H,5,8,10H2,1-4H3,(H,16,17)/t13-,19+/m1/s1. The minimum absolute atomic E-state index is 0.120. The SMILES string of the molecule is CCCNC(=O)[C@@H](C)[S@@](=O)Cc1cc(C)ccc1C. The fourth-order valence-corrected chi connectivity index (χ4v) is 2.93. The van der Waals surface area contributed by atoms with Crippen LogP contribution < -0.4 is 5.32 Å². The number of aryl methyl sites for hydroxylation is 2. The van der Waals surface area contributed by atoms with Crippen LogP contribution in [0.4, 0.5) is 0 Å². The first-order valence-electron chi connectivity index (χ1n) is 6.66. The van der Waals surface area contributed by atoms with Crippen LogP contribution in [0, 0.1) is 13.8 Å². The highest BCUT2D eigenvalue weighted by atomic mass is 32.2. The average Bonchev–Trinajstić information content (AvgIpc) is 2.39. The van der Waals surface area contributed by atoms with Crippen LogP contribution in [0.15, 0.2) is 18.2 Å². The van der Waals surface area contributed by atoms with Gasteiger partial charge in [0.15, 0.2) is 0 Å². The van der Waals surface area contributed by atoms with E-state index in [-0.39, 0.29) is 5.91 Å². The van der Waals surface area contributed by atoms with Crippen molar-refractivity contribution in [2.24, 2.45) is 0 Å². The maximum Gasteiger partial charge on any atom is 0.235 e. The lowest BCUT2D eigenvalue weighted by Gasteiger charge is -2.13. The van der Waals surface area contributed by atoms with Crippen LogP contribution in [0.3, 0.4) is 0 Å². The van der Waals surface area contributed by atoms with Gasteiger partial charge in [-0.15, -0.1) is 0 Å². The van der Waals surface area contributed by atoms with Crippen molar-refractivity contribution in [2.75, 3.05) is 6.54 Å². The van der Waals surface area contributed by atoms with Crippen molar-refractivity contribution in [3.63, 3.8) is 0 Å². The number of amides is 1. The molecule has 1 N–H and O–H groups in total. The van der Waals surface area contributed by atoms with Gasteiger partial charge in [0.1, 0.15) is 5.25 Å². The molecule has 106 valence electrons. The summed E-state index contributed by atoms with van der Waals surface area (Å²) < 4.78 is 12.2. The molecule has 0 saturated carbocycles. The van der Waals surface area contributed by atoms with Gasteiger partial charge in [-0.3, -0.25) is 9.00 Å². The van der Waals surface area contributed by atoms with Crippen molar-refractivity contribution in [1.29, 1.82) is 0 Å². The Balaban J connectivity index is 2.68. The Hall–Kier alpha value is -1.16. The maximum absolute atomic E-state index is 12.2. The van der Waals surface area contributed by atoms with Crippen molar-refractivity contribution in [2.45, 2.75) is 45.1 Å². The van der Waals surface area contributed by atoms with Crippen molar-refractivity contribution in [3.8, 4) is 0 Å². The van der Waals surface area contributed by atoms with Gasteiger partial charge in [0, 0.05) is 23.1 Å². The number of hydrogen-bond donors (Lipinski definition) is 1. The second kappa shape index (κ2) is 7.43. The van der Waals surface area contributed by atoms with Crippen LogP contribution in [0.25, 0.3) is 0 Å². The molecule has 0 fully saturated rings. The van der Waals surface area contributed by atoms with E-state index in [1.165, 1.54) is 0 Å². The summed E-state index contributed by atoms with van der Waals surface area (Å²) in [6.45, 7) is 8.39. The number of benzene rings is 1. The molecule has 0 aliphatic rings. The van der Waals surface area contributed by atoms with E-state index in [0.29, 0.717) is 12.3 Å². The Morgan fingerprint density at radius 2 is 2.05 bits per heavy atom. The lowest BCUT2D eigenvalue weighted by atomic mass is 10.1. The third kappa shape index (κ3) is 4.78. The highest BCUT2D eigenvalue weighted by molar-refractivity contribution is 7.85. The van der Waals surface area contributed by atoms with Crippen LogP contribution in [-0.2, 0) is 21.3 Å². The van der Waals surface area contributed by atoms with Crippen LogP contribution in [0.2, 0.25) is 0 Å². The summed E-state index contributed by atoms with van der Waals surface area (Å²) in [5.74, 6) is 0.319. The third-order valence-electron chi connectivity index (χ3n) is 3.12. The van der Waals surface area contributed by atoms with Gasteiger partial charge in [0.05, 0.1) is 0 Å². The molecule has 1 aromatic rings. The molecule has 0 aromatic heterocycles. The molecule has 3 nitrogen and oxygen atoms in total. The average molecular weight is 281 g/mol. The molecular formula is C15H23NO2S. The topological polar surface area (TPSA) is 46.2 Å². The van der Waals surface area contributed by atoms with E-state index >= 15 is 0 Å². The van der Waals surface area contributed by atoms with E-state index in [1.54, 1.807) is 6.92 Å². The molecule has 0 unspecified atom stereocenters. The Morgan fingerprint density at radius 1 is 1.37 bits per heavy atom. The van der Waals surface area contributed by atoms with Crippen LogP contribution in [0.1, 0.15) is 37.0 Å². The largest absolute Gasteiger partial charge is 0.355 e. The molecule has 1 aromatic carbocycles. The minimum atomic E-state index is -1.18. The molecule has 4 heteroatoms. The van der Waals surface area contributed by atoms with Gasteiger partial charge in [-0.25, -0.2) is 0 Å². The Morgan fingerprint density at radius 3 is 2.68 bits per heavy atom. The zero-order valence-corrected chi connectivity index (χ0v) is 13.0. The van der Waals surface area contributed by atoms with Crippen molar-refractivity contribution in [3.05, 3.63) is 34.9 Å². The van der Waals surface area contributed by atoms with Gasteiger partial charge >= 0.3 is 0 Å². The van der Waals surface area contributed by atoms with Gasteiger partial charge in [-0.05, 0) is 38.3 Å². The van der Waals surface area contributed by atoms with Crippen molar-refractivity contribution >= 4 is 16.7 Å². The molecule has 1 amide bonds. The summed E-state index contributed by atoms with van der Waals surface area (Å²) in [5, 5.41) is 2.33. The Labute approximate surface area is 118 Å². The summed E-state index contributed by atoms with van der Waals surface area (Å²) in [7, 11) is -1.18. The third-order valence-corrected chi connectivity index (χ3v) is 4.71. The lowest BCUT2D eigenvalue weighted by Crippen LogP contribution is -2.36. The van der Waals surface area contributed by atoms with Crippen LogP contribution in [-0.4, -0.2) is 21.9 Å². The number of rotatable bonds is 6. The van der Waals surface area contributed by atoms with Crippen molar-refractivity contribution < 1.29 is 9.00 Å². The van der Waals surface area contributed by atoms with E-state index < -0.39 is 16.0 Å². The van der Waals surface area contributed by atoms with Gasteiger partial charge < -0.3 is 5.32 Å². The quantitative estimate of drug-likeness (QED) is 0.870. The van der Waals surface area contributed by atoms with Crippen LogP contribution in [0.5, 0.6) is 0 Å². The maximum atomic E-state index is 12.2. The predicted octanol–water partition coefficient (Wildman–Crippen LogP) is 2.47. The summed E-state index contributed by atoms with van der Waals surface area (Å²) in [6, 6.07) is 6.12. The number of nitrogens with one attached hydrogen (secondary N) is 1. The molecule has 0 spiro atoms. The fourth-order valence-electron chi connectivity index (χ4n) is 1.75. The number of carbonyl (C=O) groups excluding carboxylic acids is 1. The molecule has 0 heterocycles. The Kier molecular flexibility index (Phi) is 6.22. The molecule has 1 rings (SSSR count). The fraction of sp³-hybridized carbons (Fsp3) is 0.533. The highest BCUT2D eigenvalue weighted by Crippen LogP contribution is 2.14. The van der Waals surface area contributed by atoms with Gasteiger partial charge in [0.25, 0.3) is 0 Å². The zero-order valence-electron chi connectivity index (χ0n) is 12.2. The highest BCUT2D eigenvalue weighted by Gasteiger charge is 2.20. The van der Waals surface area contributed by atoms with E-state index in [1.807, 2.05) is 39.0 Å². The summed E-state index contributed by atoms with van der Waals surface area (Å²) in [6.07, 6.45) is 0.891. The first-order valence-corrected chi connectivity index (χ1v) is 8.05. The first-order chi connectivity index (χ1) is 8.95. The Bertz CT molecular complexity index is 471. The van der Waals surface area contributed by atoms with Gasteiger partial charge in [-0.1, -0.05) is 30.7 Å². The summed E-state index contributed by atoms with van der Waals surface area (Å²) in [4.78, 5) is 11.8. The summed E-state index contributed by atoms with van der Waals surface area (Å²) in [5.41, 5.74) is 3.34. The second-order valence-electron chi connectivity index (χ2n) is 4.89. The van der Waals surface area contributed by atoms with E-state index in [0.717, 1.165) is 23.1 Å². The number of hydrogen-bond acceptors (Lipinski definition) is 2. The predicted molar refractivity (Wildman–Crippen MR) is 80.5 cm³/mol. The van der Waals surface area contributed by atoms with Crippen LogP contribution >= 0.6 is 0 Å². The zero-order chi connectivity index (χ0) is 14.4. The normalized spacial score (nSPS) is 13.9. The molecule has 0 aliphatic heterocycles. The molecule has 0 saturated heterocycles. The molecule has 2 atom stereocenters.